The molecule has 0 saturated carbocycles. The number of hydrogen-bond acceptors (Lipinski definition) is 3. The number of aromatic nitrogens is 2. The zero-order valence-electron chi connectivity index (χ0n) is 13.4. The predicted molar refractivity (Wildman–Crippen MR) is 90.5 cm³/mol. The molecule has 0 radical (unpaired) electrons. The van der Waals surface area contributed by atoms with E-state index in [2.05, 4.69) is 26.3 Å². The van der Waals surface area contributed by atoms with Gasteiger partial charge in [0.15, 0.2) is 0 Å². The molecule has 0 bridgehead atoms. The number of phenols is 1. The topological polar surface area (TPSA) is 67.2 Å². The Morgan fingerprint density at radius 3 is 2.50 bits per heavy atom. The normalized spacial score (nSPS) is 11.0. The maximum atomic E-state index is 12.5. The molecule has 0 saturated heterocycles. The summed E-state index contributed by atoms with van der Waals surface area (Å²) in [5.41, 5.74) is 3.54. The van der Waals surface area contributed by atoms with E-state index in [1.54, 1.807) is 17.8 Å². The van der Waals surface area contributed by atoms with Gasteiger partial charge in [0.25, 0.3) is 5.91 Å². The van der Waals surface area contributed by atoms with Crippen LogP contribution < -0.4 is 5.32 Å². The largest absolute Gasteiger partial charge is 0.508 e. The summed E-state index contributed by atoms with van der Waals surface area (Å²) in [6.07, 6.45) is 0. The molecule has 0 fully saturated rings. The highest BCUT2D eigenvalue weighted by Gasteiger charge is 2.19. The molecule has 118 valence electrons. The van der Waals surface area contributed by atoms with Crippen molar-refractivity contribution in [1.29, 1.82) is 0 Å². The number of anilines is 1. The Kier molecular flexibility index (Phi) is 4.60. The van der Waals surface area contributed by atoms with Crippen LogP contribution in [0.2, 0.25) is 0 Å². The van der Waals surface area contributed by atoms with Crippen molar-refractivity contribution in [3.63, 3.8) is 0 Å². The monoisotopic (exact) mass is 365 g/mol. The molecular weight excluding hydrogens is 346 g/mol. The van der Waals surface area contributed by atoms with E-state index in [4.69, 9.17) is 0 Å². The van der Waals surface area contributed by atoms with Crippen LogP contribution in [-0.4, -0.2) is 20.8 Å². The van der Waals surface area contributed by atoms with Gasteiger partial charge >= 0.3 is 0 Å². The maximum Gasteiger partial charge on any atom is 0.275 e. The van der Waals surface area contributed by atoms with Gasteiger partial charge in [0.05, 0.1) is 10.2 Å². The van der Waals surface area contributed by atoms with E-state index in [0.717, 1.165) is 16.8 Å². The number of nitrogens with zero attached hydrogens (tertiary/aromatic N) is 2. The molecule has 1 heterocycles. The zero-order valence-corrected chi connectivity index (χ0v) is 14.9. The number of aryl methyl sites for hydroxylation is 3. The van der Waals surface area contributed by atoms with Crippen LogP contribution in [0, 0.1) is 13.8 Å². The van der Waals surface area contributed by atoms with E-state index in [9.17, 15) is 9.90 Å². The lowest BCUT2D eigenvalue weighted by atomic mass is 9.99. The minimum Gasteiger partial charge on any atom is -0.508 e. The van der Waals surface area contributed by atoms with Crippen molar-refractivity contribution in [2.45, 2.75) is 33.6 Å². The van der Waals surface area contributed by atoms with Crippen LogP contribution in [0.5, 0.6) is 5.75 Å². The van der Waals surface area contributed by atoms with Crippen molar-refractivity contribution in [1.82, 2.24) is 9.78 Å². The SMILES string of the molecule is Cc1cc(O)c(C(C)C)cc1NC(=O)c1c(Br)c(C)nn1C. The second-order valence-corrected chi connectivity index (χ2v) is 6.50. The standard InChI is InChI=1S/C16H20BrN3O2/c1-8(2)11-7-12(9(3)6-13(11)21)18-16(22)15-14(17)10(4)19-20(15)5/h6-8,21H,1-5H3,(H,18,22). The fraction of sp³-hybridized carbons (Fsp3) is 0.375. The van der Waals surface area contributed by atoms with Crippen molar-refractivity contribution >= 4 is 27.5 Å². The minimum absolute atomic E-state index is 0.168. The molecule has 1 aromatic carbocycles. The van der Waals surface area contributed by atoms with Crippen LogP contribution in [0.3, 0.4) is 0 Å². The minimum atomic E-state index is -0.238. The number of carbonyl (C=O) groups excluding carboxylic acids is 1. The number of amides is 1. The van der Waals surface area contributed by atoms with Crippen molar-refractivity contribution in [3.05, 3.63) is 39.1 Å². The lowest BCUT2D eigenvalue weighted by Gasteiger charge is -2.14. The number of rotatable bonds is 3. The van der Waals surface area contributed by atoms with Crippen LogP contribution in [0.25, 0.3) is 0 Å². The molecule has 2 rings (SSSR count). The Balaban J connectivity index is 2.38. The number of halogens is 1. The van der Waals surface area contributed by atoms with Crippen molar-refractivity contribution in [3.8, 4) is 5.75 Å². The first-order valence-corrected chi connectivity index (χ1v) is 7.85. The Morgan fingerprint density at radius 2 is 2.00 bits per heavy atom. The zero-order chi connectivity index (χ0) is 16.6. The van der Waals surface area contributed by atoms with Gasteiger partial charge in [-0.1, -0.05) is 13.8 Å². The van der Waals surface area contributed by atoms with Gasteiger partial charge in [-0.25, -0.2) is 0 Å². The van der Waals surface area contributed by atoms with Crippen LogP contribution >= 0.6 is 15.9 Å². The summed E-state index contributed by atoms with van der Waals surface area (Å²) in [6, 6.07) is 3.50. The first kappa shape index (κ1) is 16.5. The highest BCUT2D eigenvalue weighted by Crippen LogP contribution is 2.31. The second kappa shape index (κ2) is 6.12. The highest BCUT2D eigenvalue weighted by atomic mass is 79.9. The van der Waals surface area contributed by atoms with Gasteiger partial charge in [0.2, 0.25) is 0 Å². The Bertz CT molecular complexity index is 735. The maximum absolute atomic E-state index is 12.5. The van der Waals surface area contributed by atoms with E-state index in [1.165, 1.54) is 0 Å². The lowest BCUT2D eigenvalue weighted by molar-refractivity contribution is 0.101. The van der Waals surface area contributed by atoms with E-state index >= 15 is 0 Å². The molecule has 5 nitrogen and oxygen atoms in total. The fourth-order valence-corrected chi connectivity index (χ4v) is 2.88. The Morgan fingerprint density at radius 1 is 1.36 bits per heavy atom. The summed E-state index contributed by atoms with van der Waals surface area (Å²) in [5, 5.41) is 17.1. The molecule has 0 spiro atoms. The van der Waals surface area contributed by atoms with E-state index in [0.29, 0.717) is 15.9 Å². The average Bonchev–Trinajstić information content (AvgIpc) is 2.66. The van der Waals surface area contributed by atoms with Gasteiger partial charge in [-0.2, -0.15) is 5.10 Å². The molecule has 22 heavy (non-hydrogen) atoms. The molecule has 0 aliphatic rings. The number of hydrogen-bond donors (Lipinski definition) is 2. The predicted octanol–water partition coefficient (Wildman–Crippen LogP) is 3.88. The molecule has 0 aliphatic heterocycles. The van der Waals surface area contributed by atoms with Crippen LogP contribution in [0.4, 0.5) is 5.69 Å². The number of benzene rings is 1. The average molecular weight is 366 g/mol. The first-order chi connectivity index (χ1) is 10.2. The number of nitrogens with one attached hydrogen (secondary N) is 1. The van der Waals surface area contributed by atoms with Gasteiger partial charge < -0.3 is 10.4 Å². The summed E-state index contributed by atoms with van der Waals surface area (Å²) < 4.78 is 2.24. The molecule has 1 amide bonds. The Hall–Kier alpha value is -1.82. The first-order valence-electron chi connectivity index (χ1n) is 7.06. The third kappa shape index (κ3) is 3.02. The Labute approximate surface area is 138 Å². The van der Waals surface area contributed by atoms with Crippen molar-refractivity contribution in [2.75, 3.05) is 5.32 Å². The summed E-state index contributed by atoms with van der Waals surface area (Å²) in [7, 11) is 1.73. The molecular formula is C16H20BrN3O2. The van der Waals surface area contributed by atoms with E-state index in [1.807, 2.05) is 33.8 Å². The molecule has 6 heteroatoms. The van der Waals surface area contributed by atoms with Gasteiger partial charge in [0, 0.05) is 12.7 Å². The van der Waals surface area contributed by atoms with Gasteiger partial charge in [-0.15, -0.1) is 0 Å². The summed E-state index contributed by atoms with van der Waals surface area (Å²) in [6.45, 7) is 7.68. The summed E-state index contributed by atoms with van der Waals surface area (Å²) >= 11 is 3.40. The molecule has 2 aromatic rings. The van der Waals surface area contributed by atoms with Gasteiger partial charge in [-0.3, -0.25) is 9.48 Å². The highest BCUT2D eigenvalue weighted by molar-refractivity contribution is 9.10. The molecule has 0 unspecified atom stereocenters. The van der Waals surface area contributed by atoms with E-state index in [-0.39, 0.29) is 17.6 Å². The third-order valence-electron chi connectivity index (χ3n) is 3.61. The smallest absolute Gasteiger partial charge is 0.275 e. The second-order valence-electron chi connectivity index (χ2n) is 5.71. The van der Waals surface area contributed by atoms with Crippen LogP contribution in [0.15, 0.2) is 16.6 Å². The lowest BCUT2D eigenvalue weighted by Crippen LogP contribution is -2.17. The molecule has 2 N–H and O–H groups in total. The van der Waals surface area contributed by atoms with Crippen LogP contribution in [-0.2, 0) is 7.05 Å². The molecule has 0 aliphatic carbocycles. The number of carbonyl (C=O) groups is 1. The summed E-state index contributed by atoms with van der Waals surface area (Å²) in [4.78, 5) is 12.5. The summed E-state index contributed by atoms with van der Waals surface area (Å²) in [5.74, 6) is 0.184. The van der Waals surface area contributed by atoms with Crippen molar-refractivity contribution < 1.29 is 9.90 Å². The van der Waals surface area contributed by atoms with Crippen LogP contribution in [0.1, 0.15) is 47.1 Å². The number of aromatic hydroxyl groups is 1. The molecule has 0 atom stereocenters. The third-order valence-corrected chi connectivity index (χ3v) is 4.56. The number of phenolic OH excluding ortho intramolecular Hbond substituents is 1. The van der Waals surface area contributed by atoms with E-state index < -0.39 is 0 Å². The van der Waals surface area contributed by atoms with Gasteiger partial charge in [0.1, 0.15) is 11.4 Å². The fourth-order valence-electron chi connectivity index (χ4n) is 2.37. The quantitative estimate of drug-likeness (QED) is 0.811. The van der Waals surface area contributed by atoms with Gasteiger partial charge in [-0.05, 0) is 59.0 Å². The van der Waals surface area contributed by atoms with Crippen molar-refractivity contribution in [2.24, 2.45) is 7.05 Å². The molecule has 1 aromatic heterocycles.